The largest absolute Gasteiger partial charge is 0.329 e. The van der Waals surface area contributed by atoms with Gasteiger partial charge in [-0.25, -0.2) is 4.98 Å². The number of aryl methyl sites for hydroxylation is 1. The molecule has 1 aromatic heterocycles. The predicted octanol–water partition coefficient (Wildman–Crippen LogP) is 3.57. The minimum atomic E-state index is 0.664. The highest BCUT2D eigenvalue weighted by Crippen LogP contribution is 2.30. The van der Waals surface area contributed by atoms with Crippen LogP contribution in [0.15, 0.2) is 23.1 Å². The third-order valence-corrected chi connectivity index (χ3v) is 3.87. The summed E-state index contributed by atoms with van der Waals surface area (Å²) in [5.41, 5.74) is 1.45. The van der Waals surface area contributed by atoms with Crippen LogP contribution >= 0.6 is 23.3 Å². The van der Waals surface area contributed by atoms with Crippen LogP contribution in [0.2, 0.25) is 0 Å². The average molecular weight is 276 g/mol. The molecule has 18 heavy (non-hydrogen) atoms. The van der Waals surface area contributed by atoms with Gasteiger partial charge >= 0.3 is 0 Å². The molecular formula is C12H12N4S2. The van der Waals surface area contributed by atoms with Crippen molar-refractivity contribution in [3.8, 4) is 6.07 Å². The molecule has 0 fully saturated rings. The van der Waals surface area contributed by atoms with Crippen molar-refractivity contribution in [2.24, 2.45) is 0 Å². The fraction of sp³-hybridized carbons (Fsp3) is 0.250. The van der Waals surface area contributed by atoms with Gasteiger partial charge in [0.1, 0.15) is 11.9 Å². The van der Waals surface area contributed by atoms with Crippen LogP contribution in [0.3, 0.4) is 0 Å². The fourth-order valence-electron chi connectivity index (χ4n) is 1.49. The molecule has 0 amide bonds. The van der Waals surface area contributed by atoms with E-state index in [4.69, 9.17) is 0 Å². The SMILES string of the molecule is CCSc1cccc(Nc2nc(C)ns2)c1C#N. The average Bonchev–Trinajstić information content (AvgIpc) is 2.76. The number of hydrogen-bond donors (Lipinski definition) is 1. The van der Waals surface area contributed by atoms with Gasteiger partial charge in [0, 0.05) is 16.4 Å². The first-order chi connectivity index (χ1) is 8.74. The summed E-state index contributed by atoms with van der Waals surface area (Å²) in [6.07, 6.45) is 0. The molecule has 0 bridgehead atoms. The van der Waals surface area contributed by atoms with Crippen LogP contribution in [0, 0.1) is 18.3 Å². The Labute approximate surface area is 114 Å². The van der Waals surface area contributed by atoms with Crippen molar-refractivity contribution in [1.29, 1.82) is 5.26 Å². The summed E-state index contributed by atoms with van der Waals surface area (Å²) in [5.74, 6) is 1.68. The van der Waals surface area contributed by atoms with Crippen molar-refractivity contribution in [2.75, 3.05) is 11.1 Å². The van der Waals surface area contributed by atoms with Crippen molar-refractivity contribution in [3.63, 3.8) is 0 Å². The number of nitrogens with zero attached hydrogens (tertiary/aromatic N) is 3. The first-order valence-electron chi connectivity index (χ1n) is 5.48. The first kappa shape index (κ1) is 12.9. The van der Waals surface area contributed by atoms with Crippen molar-refractivity contribution in [1.82, 2.24) is 9.36 Å². The third-order valence-electron chi connectivity index (χ3n) is 2.21. The highest BCUT2D eigenvalue weighted by molar-refractivity contribution is 7.99. The van der Waals surface area contributed by atoms with E-state index < -0.39 is 0 Å². The van der Waals surface area contributed by atoms with E-state index in [1.54, 1.807) is 11.8 Å². The molecule has 2 aromatic rings. The molecular weight excluding hydrogens is 264 g/mol. The summed E-state index contributed by atoms with van der Waals surface area (Å²) in [5, 5.41) is 13.1. The summed E-state index contributed by atoms with van der Waals surface area (Å²) < 4.78 is 4.11. The van der Waals surface area contributed by atoms with E-state index in [-0.39, 0.29) is 0 Å². The van der Waals surface area contributed by atoms with Crippen LogP contribution in [-0.2, 0) is 0 Å². The lowest BCUT2D eigenvalue weighted by atomic mass is 10.2. The zero-order chi connectivity index (χ0) is 13.0. The second kappa shape index (κ2) is 5.85. The fourth-order valence-corrected chi connectivity index (χ4v) is 2.86. The molecule has 4 nitrogen and oxygen atoms in total. The van der Waals surface area contributed by atoms with Gasteiger partial charge in [0.25, 0.3) is 0 Å². The molecule has 0 aliphatic heterocycles. The number of thioether (sulfide) groups is 1. The molecule has 1 N–H and O–H groups in total. The Bertz CT molecular complexity index is 586. The number of rotatable bonds is 4. The maximum Gasteiger partial charge on any atom is 0.207 e. The van der Waals surface area contributed by atoms with E-state index in [0.29, 0.717) is 10.7 Å². The summed E-state index contributed by atoms with van der Waals surface area (Å²) in [6.45, 7) is 3.91. The third kappa shape index (κ3) is 2.81. The van der Waals surface area contributed by atoms with E-state index in [1.165, 1.54) is 11.5 Å². The Balaban J connectivity index is 2.33. The Morgan fingerprint density at radius 1 is 1.50 bits per heavy atom. The van der Waals surface area contributed by atoms with Crippen LogP contribution in [0.1, 0.15) is 18.3 Å². The monoisotopic (exact) mass is 276 g/mol. The molecule has 0 aliphatic rings. The van der Waals surface area contributed by atoms with Crippen LogP contribution in [0.25, 0.3) is 0 Å². The standard InChI is InChI=1S/C12H12N4S2/c1-3-17-11-6-4-5-10(9(11)7-13)15-12-14-8(2)16-18-12/h4-6H,3H2,1-2H3,(H,14,15,16). The second-order valence-electron chi connectivity index (χ2n) is 3.50. The van der Waals surface area contributed by atoms with Gasteiger partial charge in [-0.15, -0.1) is 11.8 Å². The van der Waals surface area contributed by atoms with Gasteiger partial charge < -0.3 is 5.32 Å². The lowest BCUT2D eigenvalue weighted by molar-refractivity contribution is 1.16. The number of nitrogens with one attached hydrogen (secondary N) is 1. The number of benzene rings is 1. The van der Waals surface area contributed by atoms with Gasteiger partial charge in [-0.3, -0.25) is 0 Å². The van der Waals surface area contributed by atoms with Gasteiger partial charge in [-0.2, -0.15) is 9.64 Å². The van der Waals surface area contributed by atoms with Crippen LogP contribution in [0.4, 0.5) is 10.8 Å². The molecule has 1 aromatic carbocycles. The maximum absolute atomic E-state index is 9.27. The minimum Gasteiger partial charge on any atom is -0.329 e. The minimum absolute atomic E-state index is 0.664. The number of nitriles is 1. The molecule has 2 rings (SSSR count). The van der Waals surface area contributed by atoms with Crippen molar-refractivity contribution >= 4 is 34.1 Å². The smallest absolute Gasteiger partial charge is 0.207 e. The quantitative estimate of drug-likeness (QED) is 0.865. The first-order valence-corrected chi connectivity index (χ1v) is 7.23. The number of anilines is 2. The Morgan fingerprint density at radius 2 is 2.33 bits per heavy atom. The van der Waals surface area contributed by atoms with Crippen molar-refractivity contribution in [2.45, 2.75) is 18.7 Å². The van der Waals surface area contributed by atoms with Crippen molar-refractivity contribution in [3.05, 3.63) is 29.6 Å². The number of aromatic nitrogens is 2. The van der Waals surface area contributed by atoms with Crippen LogP contribution in [0.5, 0.6) is 0 Å². The topological polar surface area (TPSA) is 61.6 Å². The highest BCUT2D eigenvalue weighted by Gasteiger charge is 2.09. The lowest BCUT2D eigenvalue weighted by Gasteiger charge is -2.08. The van der Waals surface area contributed by atoms with Gasteiger partial charge in [0.05, 0.1) is 11.3 Å². The van der Waals surface area contributed by atoms with Gasteiger partial charge in [0.15, 0.2) is 0 Å². The molecule has 0 unspecified atom stereocenters. The predicted molar refractivity (Wildman–Crippen MR) is 75.5 cm³/mol. The van der Waals surface area contributed by atoms with E-state index in [9.17, 15) is 5.26 Å². The summed E-state index contributed by atoms with van der Waals surface area (Å²) in [7, 11) is 0. The van der Waals surface area contributed by atoms with Crippen molar-refractivity contribution < 1.29 is 0 Å². The molecule has 92 valence electrons. The van der Waals surface area contributed by atoms with Gasteiger partial charge in [0.2, 0.25) is 5.13 Å². The van der Waals surface area contributed by atoms with Gasteiger partial charge in [-0.1, -0.05) is 13.0 Å². The Morgan fingerprint density at radius 3 is 2.94 bits per heavy atom. The summed E-state index contributed by atoms with van der Waals surface area (Å²) in [4.78, 5) is 5.23. The summed E-state index contributed by atoms with van der Waals surface area (Å²) >= 11 is 2.96. The number of hydrogen-bond acceptors (Lipinski definition) is 6. The highest BCUT2D eigenvalue weighted by atomic mass is 32.2. The van der Waals surface area contributed by atoms with Crippen LogP contribution < -0.4 is 5.32 Å². The molecule has 1 heterocycles. The maximum atomic E-state index is 9.27. The normalized spacial score (nSPS) is 10.1. The Hall–Kier alpha value is -1.58. The van der Waals surface area contributed by atoms with Crippen LogP contribution in [-0.4, -0.2) is 15.1 Å². The molecule has 0 radical (unpaired) electrons. The Kier molecular flexibility index (Phi) is 4.18. The zero-order valence-electron chi connectivity index (χ0n) is 10.1. The molecule has 0 aliphatic carbocycles. The second-order valence-corrected chi connectivity index (χ2v) is 5.55. The molecule has 0 saturated carbocycles. The molecule has 0 atom stereocenters. The zero-order valence-corrected chi connectivity index (χ0v) is 11.7. The summed E-state index contributed by atoms with van der Waals surface area (Å²) in [6, 6.07) is 8.03. The van der Waals surface area contributed by atoms with E-state index in [1.807, 2.05) is 25.1 Å². The molecule has 6 heteroatoms. The van der Waals surface area contributed by atoms with E-state index >= 15 is 0 Å². The van der Waals surface area contributed by atoms with E-state index in [2.05, 4.69) is 27.7 Å². The molecule has 0 spiro atoms. The lowest BCUT2D eigenvalue weighted by Crippen LogP contribution is -1.95. The van der Waals surface area contributed by atoms with Gasteiger partial charge in [-0.05, 0) is 24.8 Å². The molecule has 0 saturated heterocycles. The van der Waals surface area contributed by atoms with E-state index in [0.717, 1.165) is 22.2 Å².